The lowest BCUT2D eigenvalue weighted by atomic mass is 9.82. The van der Waals surface area contributed by atoms with Crippen LogP contribution in [-0.2, 0) is 0 Å². The van der Waals surface area contributed by atoms with Gasteiger partial charge in [0.05, 0.1) is 0 Å². The zero-order valence-electron chi connectivity index (χ0n) is 5.11. The fraction of sp³-hybridized carbons (Fsp3) is 1.00. The molecule has 0 atom stereocenters. The molecular weight excluding hydrogens is 140 g/mol. The summed E-state index contributed by atoms with van der Waals surface area (Å²) in [6.45, 7) is 2.22. The van der Waals surface area contributed by atoms with Crippen LogP contribution in [0.5, 0.6) is 0 Å². The molecule has 1 aliphatic rings. The van der Waals surface area contributed by atoms with Crippen molar-refractivity contribution in [2.24, 2.45) is 0 Å². The van der Waals surface area contributed by atoms with Crippen LogP contribution in [0.4, 0.5) is 0 Å². The van der Waals surface area contributed by atoms with E-state index < -0.39 is 0 Å². The molecule has 1 fully saturated rings. The average molecular weight is 151 g/mol. The first-order chi connectivity index (χ1) is 3.83. The second-order valence-electron chi connectivity index (χ2n) is 2.47. The van der Waals surface area contributed by atoms with Crippen LogP contribution in [0.2, 0.25) is 0 Å². The molecule has 0 spiro atoms. The third kappa shape index (κ3) is 0.985. The summed E-state index contributed by atoms with van der Waals surface area (Å²) in [5, 5.41) is 0. The first-order valence-corrected chi connectivity index (χ1v) is 4.77. The molecule has 0 N–H and O–H groups in total. The van der Waals surface area contributed by atoms with E-state index in [1.165, 1.54) is 36.7 Å². The van der Waals surface area contributed by atoms with Gasteiger partial charge in [-0.15, -0.1) is 0 Å². The van der Waals surface area contributed by atoms with E-state index in [0.29, 0.717) is 4.75 Å². The predicted molar refractivity (Wildman–Crippen MR) is 40.3 cm³/mol. The Bertz CT molecular complexity index is 65.1. The van der Waals surface area contributed by atoms with Gasteiger partial charge in [-0.25, -0.2) is 0 Å². The van der Waals surface area contributed by atoms with Crippen molar-refractivity contribution in [2.75, 3.05) is 0 Å². The van der Waals surface area contributed by atoms with Gasteiger partial charge in [-0.2, -0.15) is 0 Å². The van der Waals surface area contributed by atoms with Crippen molar-refractivity contribution in [1.82, 2.24) is 0 Å². The molecule has 0 saturated heterocycles. The van der Waals surface area contributed by atoms with E-state index in [1.54, 1.807) is 0 Å². The molecule has 1 aliphatic carbocycles. The van der Waals surface area contributed by atoms with Gasteiger partial charge in [0, 0.05) is 4.75 Å². The SMILES string of the molecule is CCC1(SCl)CCC1. The Morgan fingerprint density at radius 1 is 1.62 bits per heavy atom. The van der Waals surface area contributed by atoms with E-state index >= 15 is 0 Å². The summed E-state index contributed by atoms with van der Waals surface area (Å²) in [6, 6.07) is 0. The average Bonchev–Trinajstić information content (AvgIpc) is 1.67. The second kappa shape index (κ2) is 2.49. The predicted octanol–water partition coefficient (Wildman–Crippen LogP) is 3.21. The van der Waals surface area contributed by atoms with E-state index in [4.69, 9.17) is 10.7 Å². The molecule has 2 heteroatoms. The maximum atomic E-state index is 5.68. The van der Waals surface area contributed by atoms with Gasteiger partial charge in [0.2, 0.25) is 0 Å². The molecule has 0 aromatic carbocycles. The molecule has 0 unspecified atom stereocenters. The minimum atomic E-state index is 0.488. The lowest BCUT2D eigenvalue weighted by Gasteiger charge is -2.37. The molecule has 0 amide bonds. The molecule has 0 aliphatic heterocycles. The molecule has 0 nitrogen and oxygen atoms in total. The van der Waals surface area contributed by atoms with E-state index in [1.807, 2.05) is 0 Å². The molecule has 8 heavy (non-hydrogen) atoms. The van der Waals surface area contributed by atoms with Gasteiger partial charge >= 0.3 is 0 Å². The fourth-order valence-corrected chi connectivity index (χ4v) is 2.40. The third-order valence-corrected chi connectivity index (χ3v) is 4.08. The Balaban J connectivity index is 2.33. The summed E-state index contributed by atoms with van der Waals surface area (Å²) >= 11 is 0. The van der Waals surface area contributed by atoms with Crippen LogP contribution in [-0.4, -0.2) is 4.75 Å². The standard InChI is InChI=1S/C6H11ClS/c1-2-6(8-7)4-3-5-6/h2-5H2,1H3. The highest BCUT2D eigenvalue weighted by atomic mass is 35.7. The Morgan fingerprint density at radius 3 is 2.25 bits per heavy atom. The van der Waals surface area contributed by atoms with Gasteiger partial charge in [-0.3, -0.25) is 0 Å². The summed E-state index contributed by atoms with van der Waals surface area (Å²) < 4.78 is 0.488. The number of hydrogen-bond donors (Lipinski definition) is 0. The zero-order chi connectivity index (χ0) is 6.04. The normalized spacial score (nSPS) is 24.8. The van der Waals surface area contributed by atoms with Crippen LogP contribution >= 0.6 is 21.7 Å². The first kappa shape index (κ1) is 6.76. The Hall–Kier alpha value is 0.640. The number of rotatable bonds is 2. The van der Waals surface area contributed by atoms with E-state index in [0.717, 1.165) is 0 Å². The third-order valence-electron chi connectivity index (χ3n) is 2.07. The largest absolute Gasteiger partial charge is 0.0640 e. The summed E-state index contributed by atoms with van der Waals surface area (Å²) in [5.74, 6) is 0. The maximum absolute atomic E-state index is 5.68. The van der Waals surface area contributed by atoms with Crippen molar-refractivity contribution < 1.29 is 0 Å². The maximum Gasteiger partial charge on any atom is 0.0309 e. The van der Waals surface area contributed by atoms with Crippen molar-refractivity contribution in [1.29, 1.82) is 0 Å². The Kier molecular flexibility index (Phi) is 2.10. The van der Waals surface area contributed by atoms with Gasteiger partial charge in [0.25, 0.3) is 0 Å². The fourth-order valence-electron chi connectivity index (χ4n) is 1.06. The monoisotopic (exact) mass is 150 g/mol. The van der Waals surface area contributed by atoms with E-state index in [-0.39, 0.29) is 0 Å². The Labute approximate surface area is 59.5 Å². The van der Waals surface area contributed by atoms with Crippen LogP contribution in [0.25, 0.3) is 0 Å². The van der Waals surface area contributed by atoms with Crippen LogP contribution in [0.1, 0.15) is 32.6 Å². The summed E-state index contributed by atoms with van der Waals surface area (Å²) in [6.07, 6.45) is 5.28. The van der Waals surface area contributed by atoms with Crippen molar-refractivity contribution in [2.45, 2.75) is 37.4 Å². The highest BCUT2D eigenvalue weighted by molar-refractivity contribution is 8.22. The lowest BCUT2D eigenvalue weighted by molar-refractivity contribution is 0.355. The number of hydrogen-bond acceptors (Lipinski definition) is 1. The minimum absolute atomic E-state index is 0.488. The van der Waals surface area contributed by atoms with Crippen molar-refractivity contribution in [3.05, 3.63) is 0 Å². The van der Waals surface area contributed by atoms with Crippen molar-refractivity contribution in [3.63, 3.8) is 0 Å². The molecule has 0 aromatic heterocycles. The molecule has 0 heterocycles. The zero-order valence-corrected chi connectivity index (χ0v) is 6.69. The van der Waals surface area contributed by atoms with Gasteiger partial charge in [-0.05, 0) is 40.9 Å². The molecule has 0 bridgehead atoms. The molecule has 1 rings (SSSR count). The van der Waals surface area contributed by atoms with E-state index in [9.17, 15) is 0 Å². The molecular formula is C6H11ClS. The van der Waals surface area contributed by atoms with Gasteiger partial charge in [-0.1, -0.05) is 13.3 Å². The molecule has 48 valence electrons. The first-order valence-electron chi connectivity index (χ1n) is 3.13. The number of halogens is 1. The summed E-state index contributed by atoms with van der Waals surface area (Å²) in [5.41, 5.74) is 0. The quantitative estimate of drug-likeness (QED) is 0.583. The van der Waals surface area contributed by atoms with Crippen LogP contribution in [0.15, 0.2) is 0 Å². The van der Waals surface area contributed by atoms with Crippen molar-refractivity contribution in [3.8, 4) is 0 Å². The van der Waals surface area contributed by atoms with Crippen molar-refractivity contribution >= 4 is 21.7 Å². The Morgan fingerprint density at radius 2 is 2.25 bits per heavy atom. The highest BCUT2D eigenvalue weighted by Gasteiger charge is 2.35. The lowest BCUT2D eigenvalue weighted by Crippen LogP contribution is -2.30. The molecule has 1 saturated carbocycles. The van der Waals surface area contributed by atoms with Crippen LogP contribution in [0.3, 0.4) is 0 Å². The second-order valence-corrected chi connectivity index (χ2v) is 3.95. The topological polar surface area (TPSA) is 0 Å². The molecule has 0 aromatic rings. The summed E-state index contributed by atoms with van der Waals surface area (Å²) in [4.78, 5) is 0. The highest BCUT2D eigenvalue weighted by Crippen LogP contribution is 2.48. The van der Waals surface area contributed by atoms with E-state index in [2.05, 4.69) is 6.92 Å². The van der Waals surface area contributed by atoms with Gasteiger partial charge in [0.1, 0.15) is 0 Å². The summed E-state index contributed by atoms with van der Waals surface area (Å²) in [7, 11) is 7.21. The molecule has 0 radical (unpaired) electrons. The van der Waals surface area contributed by atoms with Gasteiger partial charge < -0.3 is 0 Å². The van der Waals surface area contributed by atoms with Crippen LogP contribution < -0.4 is 0 Å². The minimum Gasteiger partial charge on any atom is -0.0640 e. The van der Waals surface area contributed by atoms with Crippen LogP contribution in [0, 0.1) is 0 Å². The van der Waals surface area contributed by atoms with Gasteiger partial charge in [0.15, 0.2) is 0 Å². The smallest absolute Gasteiger partial charge is 0.0309 e.